The van der Waals surface area contributed by atoms with Gasteiger partial charge in [-0.15, -0.1) is 0 Å². The first-order chi connectivity index (χ1) is 16.6. The van der Waals surface area contributed by atoms with Crippen molar-refractivity contribution in [3.63, 3.8) is 0 Å². The molecule has 0 bridgehead atoms. The number of carbonyl (C=O) groups excluding carboxylic acids is 2. The molecule has 0 aromatic heterocycles. The van der Waals surface area contributed by atoms with Crippen molar-refractivity contribution in [1.29, 1.82) is 0 Å². The number of ether oxygens (including phenoxy) is 2. The SMILES string of the molecule is CCN1CCN(c2ccc(NC(=O)COC(=O)c3cccc(Oc4ccccc4)c3)cc2)CC1. The summed E-state index contributed by atoms with van der Waals surface area (Å²) in [5.41, 5.74) is 2.11. The predicted octanol–water partition coefficient (Wildman–Crippen LogP) is 4.42. The second-order valence-electron chi connectivity index (χ2n) is 8.04. The van der Waals surface area contributed by atoms with Crippen LogP contribution in [0.3, 0.4) is 0 Å². The van der Waals surface area contributed by atoms with Gasteiger partial charge in [0.25, 0.3) is 5.91 Å². The van der Waals surface area contributed by atoms with Crippen molar-refractivity contribution in [2.75, 3.05) is 49.5 Å². The van der Waals surface area contributed by atoms with Gasteiger partial charge < -0.3 is 24.6 Å². The molecule has 1 aliphatic rings. The van der Waals surface area contributed by atoms with E-state index in [9.17, 15) is 9.59 Å². The van der Waals surface area contributed by atoms with Crippen molar-refractivity contribution in [3.05, 3.63) is 84.4 Å². The van der Waals surface area contributed by atoms with Gasteiger partial charge in [0.1, 0.15) is 11.5 Å². The Hall–Kier alpha value is -3.84. The van der Waals surface area contributed by atoms with E-state index in [2.05, 4.69) is 22.0 Å². The number of benzene rings is 3. The highest BCUT2D eigenvalue weighted by Gasteiger charge is 2.16. The number of carbonyl (C=O) groups is 2. The summed E-state index contributed by atoms with van der Waals surface area (Å²) in [5.74, 6) is 0.201. The van der Waals surface area contributed by atoms with Crippen LogP contribution in [0.15, 0.2) is 78.9 Å². The zero-order chi connectivity index (χ0) is 23.8. The van der Waals surface area contributed by atoms with Crippen molar-refractivity contribution >= 4 is 23.3 Å². The van der Waals surface area contributed by atoms with Crippen LogP contribution in [0.1, 0.15) is 17.3 Å². The number of amides is 1. The number of nitrogens with zero attached hydrogens (tertiary/aromatic N) is 2. The Morgan fingerprint density at radius 2 is 1.56 bits per heavy atom. The number of rotatable bonds is 8. The minimum atomic E-state index is -0.588. The molecular formula is C27H29N3O4. The summed E-state index contributed by atoms with van der Waals surface area (Å²) < 4.78 is 10.9. The normalized spacial score (nSPS) is 13.9. The highest BCUT2D eigenvalue weighted by molar-refractivity contribution is 5.95. The van der Waals surface area contributed by atoms with E-state index in [1.165, 1.54) is 0 Å². The van der Waals surface area contributed by atoms with E-state index in [-0.39, 0.29) is 6.61 Å². The average Bonchev–Trinajstić information content (AvgIpc) is 2.88. The van der Waals surface area contributed by atoms with Gasteiger partial charge in [-0.05, 0) is 61.1 Å². The third-order valence-corrected chi connectivity index (χ3v) is 5.72. The van der Waals surface area contributed by atoms with Crippen LogP contribution in [-0.4, -0.2) is 56.1 Å². The standard InChI is InChI=1S/C27H29N3O4/c1-2-29-15-17-30(18-16-29)23-13-11-22(12-14-23)28-26(31)20-33-27(32)21-7-6-10-25(19-21)34-24-8-4-3-5-9-24/h3-14,19H,2,15-18,20H2,1H3,(H,28,31). The molecule has 0 spiro atoms. The highest BCUT2D eigenvalue weighted by Crippen LogP contribution is 2.22. The largest absolute Gasteiger partial charge is 0.457 e. The third kappa shape index (κ3) is 6.36. The number of hydrogen-bond donors (Lipinski definition) is 1. The maximum absolute atomic E-state index is 12.4. The summed E-state index contributed by atoms with van der Waals surface area (Å²) in [7, 11) is 0. The van der Waals surface area contributed by atoms with E-state index in [1.54, 1.807) is 24.3 Å². The van der Waals surface area contributed by atoms with Crippen LogP contribution in [0.5, 0.6) is 11.5 Å². The van der Waals surface area contributed by atoms with Crippen molar-refractivity contribution in [2.45, 2.75) is 6.92 Å². The molecule has 1 saturated heterocycles. The lowest BCUT2D eigenvalue weighted by Crippen LogP contribution is -2.46. The molecule has 0 saturated carbocycles. The number of piperazine rings is 1. The zero-order valence-corrected chi connectivity index (χ0v) is 19.3. The van der Waals surface area contributed by atoms with Crippen LogP contribution >= 0.6 is 0 Å². The lowest BCUT2D eigenvalue weighted by atomic mass is 10.2. The number of para-hydroxylation sites is 1. The lowest BCUT2D eigenvalue weighted by Gasteiger charge is -2.35. The molecule has 3 aromatic rings. The minimum absolute atomic E-state index is 0.314. The van der Waals surface area contributed by atoms with Crippen molar-refractivity contribution in [1.82, 2.24) is 4.90 Å². The molecule has 34 heavy (non-hydrogen) atoms. The molecule has 7 heteroatoms. The molecule has 0 radical (unpaired) electrons. The van der Waals surface area contributed by atoms with Crippen LogP contribution in [0.25, 0.3) is 0 Å². The summed E-state index contributed by atoms with van der Waals surface area (Å²) in [5, 5.41) is 2.77. The fourth-order valence-corrected chi connectivity index (χ4v) is 3.80. The van der Waals surface area contributed by atoms with Gasteiger partial charge >= 0.3 is 5.97 Å². The quantitative estimate of drug-likeness (QED) is 0.503. The summed E-state index contributed by atoms with van der Waals surface area (Å²) in [6.45, 7) is 6.99. The van der Waals surface area contributed by atoms with Crippen LogP contribution in [-0.2, 0) is 9.53 Å². The van der Waals surface area contributed by atoms with Gasteiger partial charge in [-0.1, -0.05) is 31.2 Å². The first-order valence-corrected chi connectivity index (χ1v) is 11.5. The van der Waals surface area contributed by atoms with Crippen LogP contribution in [0.2, 0.25) is 0 Å². The van der Waals surface area contributed by atoms with Gasteiger partial charge in [0, 0.05) is 37.6 Å². The van der Waals surface area contributed by atoms with Crippen molar-refractivity contribution < 1.29 is 19.1 Å². The topological polar surface area (TPSA) is 71.1 Å². The summed E-state index contributed by atoms with van der Waals surface area (Å²) in [6, 6.07) is 23.7. The first kappa shape index (κ1) is 23.3. The number of nitrogens with one attached hydrogen (secondary N) is 1. The monoisotopic (exact) mass is 459 g/mol. The Kier molecular flexibility index (Phi) is 7.78. The second kappa shape index (κ2) is 11.3. The number of likely N-dealkylation sites (N-methyl/N-ethyl adjacent to an activating group) is 1. The van der Waals surface area contributed by atoms with Gasteiger partial charge in [0.2, 0.25) is 0 Å². The lowest BCUT2D eigenvalue weighted by molar-refractivity contribution is -0.119. The molecule has 1 heterocycles. The Bertz CT molecular complexity index is 1090. The molecule has 3 aromatic carbocycles. The molecule has 0 atom stereocenters. The molecule has 1 fully saturated rings. The number of hydrogen-bond acceptors (Lipinski definition) is 6. The Morgan fingerprint density at radius 1 is 0.853 bits per heavy atom. The fourth-order valence-electron chi connectivity index (χ4n) is 3.80. The number of anilines is 2. The predicted molar refractivity (Wildman–Crippen MR) is 133 cm³/mol. The maximum Gasteiger partial charge on any atom is 0.338 e. The second-order valence-corrected chi connectivity index (χ2v) is 8.04. The average molecular weight is 460 g/mol. The number of esters is 1. The molecule has 1 amide bonds. The molecule has 4 rings (SSSR count). The Labute approximate surface area is 199 Å². The third-order valence-electron chi connectivity index (χ3n) is 5.72. The van der Waals surface area contributed by atoms with Crippen LogP contribution in [0, 0.1) is 0 Å². The zero-order valence-electron chi connectivity index (χ0n) is 19.3. The fraction of sp³-hybridized carbons (Fsp3) is 0.259. The van der Waals surface area contributed by atoms with Gasteiger partial charge in [-0.2, -0.15) is 0 Å². The van der Waals surface area contributed by atoms with E-state index in [0.717, 1.165) is 38.4 Å². The molecule has 1 aliphatic heterocycles. The smallest absolute Gasteiger partial charge is 0.338 e. The van der Waals surface area contributed by atoms with E-state index in [1.807, 2.05) is 54.6 Å². The molecular weight excluding hydrogens is 430 g/mol. The van der Waals surface area contributed by atoms with E-state index < -0.39 is 11.9 Å². The maximum atomic E-state index is 12.4. The summed E-state index contributed by atoms with van der Waals surface area (Å²) >= 11 is 0. The van der Waals surface area contributed by atoms with Crippen LogP contribution < -0.4 is 15.0 Å². The Morgan fingerprint density at radius 3 is 2.26 bits per heavy atom. The molecule has 7 nitrogen and oxygen atoms in total. The van der Waals surface area contributed by atoms with Gasteiger partial charge in [-0.25, -0.2) is 4.79 Å². The van der Waals surface area contributed by atoms with Crippen LogP contribution in [0.4, 0.5) is 11.4 Å². The van der Waals surface area contributed by atoms with E-state index >= 15 is 0 Å². The van der Waals surface area contributed by atoms with Crippen molar-refractivity contribution in [2.24, 2.45) is 0 Å². The van der Waals surface area contributed by atoms with Gasteiger partial charge in [0.05, 0.1) is 5.56 Å². The summed E-state index contributed by atoms with van der Waals surface area (Å²) in [4.78, 5) is 29.5. The minimum Gasteiger partial charge on any atom is -0.457 e. The summed E-state index contributed by atoms with van der Waals surface area (Å²) in [6.07, 6.45) is 0. The highest BCUT2D eigenvalue weighted by atomic mass is 16.5. The molecule has 0 aliphatic carbocycles. The Balaban J connectivity index is 1.25. The van der Waals surface area contributed by atoms with Gasteiger partial charge in [0.15, 0.2) is 6.61 Å². The first-order valence-electron chi connectivity index (χ1n) is 11.5. The molecule has 0 unspecified atom stereocenters. The van der Waals surface area contributed by atoms with Gasteiger partial charge in [-0.3, -0.25) is 4.79 Å². The molecule has 1 N–H and O–H groups in total. The van der Waals surface area contributed by atoms with E-state index in [0.29, 0.717) is 22.7 Å². The molecule has 176 valence electrons. The van der Waals surface area contributed by atoms with E-state index in [4.69, 9.17) is 9.47 Å². The van der Waals surface area contributed by atoms with Crippen molar-refractivity contribution in [3.8, 4) is 11.5 Å².